The minimum atomic E-state index is 0.391. The van der Waals surface area contributed by atoms with Crippen molar-refractivity contribution in [3.05, 3.63) is 17.5 Å². The number of aryl methyl sites for hydroxylation is 1. The third-order valence-electron chi connectivity index (χ3n) is 2.98. The van der Waals surface area contributed by atoms with Crippen molar-refractivity contribution < 1.29 is 4.52 Å². The lowest BCUT2D eigenvalue weighted by atomic mass is 10.1. The van der Waals surface area contributed by atoms with Crippen molar-refractivity contribution >= 4 is 0 Å². The number of nitrogens with zero attached hydrogens (tertiary/aromatic N) is 2. The lowest BCUT2D eigenvalue weighted by molar-refractivity contribution is 0.185. The fourth-order valence-electron chi connectivity index (χ4n) is 1.93. The Balaban J connectivity index is 1.86. The smallest absolute Gasteiger partial charge is 0.150 e. The summed E-state index contributed by atoms with van der Waals surface area (Å²) in [5, 5.41) is 3.99. The average Bonchev–Trinajstić information content (AvgIpc) is 2.69. The van der Waals surface area contributed by atoms with Crippen LogP contribution >= 0.6 is 0 Å². The normalized spacial score (nSPS) is 19.6. The van der Waals surface area contributed by atoms with Gasteiger partial charge in [0.25, 0.3) is 0 Å². The first kappa shape index (κ1) is 10.6. The van der Waals surface area contributed by atoms with E-state index in [4.69, 9.17) is 10.3 Å². The molecule has 0 saturated carbocycles. The van der Waals surface area contributed by atoms with Gasteiger partial charge in [-0.15, -0.1) is 0 Å². The third-order valence-corrected chi connectivity index (χ3v) is 2.98. The van der Waals surface area contributed by atoms with Crippen LogP contribution in [0.4, 0.5) is 0 Å². The van der Waals surface area contributed by atoms with E-state index in [0.29, 0.717) is 6.04 Å². The van der Waals surface area contributed by atoms with Crippen LogP contribution in [0.1, 0.15) is 31.2 Å². The average molecular weight is 209 g/mol. The number of rotatable bonds is 3. The van der Waals surface area contributed by atoms with Crippen molar-refractivity contribution in [2.24, 2.45) is 5.73 Å². The lowest BCUT2D eigenvalue weighted by Gasteiger charge is -2.28. The first-order valence-corrected chi connectivity index (χ1v) is 5.70. The van der Waals surface area contributed by atoms with Crippen LogP contribution < -0.4 is 5.73 Å². The Bertz CT molecular complexity index is 303. The van der Waals surface area contributed by atoms with Crippen molar-refractivity contribution in [1.29, 1.82) is 0 Å². The predicted molar refractivity (Wildman–Crippen MR) is 58.4 cm³/mol. The first-order chi connectivity index (χ1) is 7.28. The molecule has 15 heavy (non-hydrogen) atoms. The highest BCUT2D eigenvalue weighted by Gasteiger charge is 2.17. The van der Waals surface area contributed by atoms with Gasteiger partial charge < -0.3 is 10.3 Å². The molecule has 1 aliphatic rings. The molecule has 1 saturated heterocycles. The van der Waals surface area contributed by atoms with Gasteiger partial charge in [-0.05, 0) is 19.3 Å². The monoisotopic (exact) mass is 209 g/mol. The zero-order valence-corrected chi connectivity index (χ0v) is 9.28. The fourth-order valence-corrected chi connectivity index (χ4v) is 1.93. The zero-order valence-electron chi connectivity index (χ0n) is 9.28. The van der Waals surface area contributed by atoms with E-state index < -0.39 is 0 Å². The van der Waals surface area contributed by atoms with Gasteiger partial charge in [-0.1, -0.05) is 12.1 Å². The third kappa shape index (κ3) is 2.79. The van der Waals surface area contributed by atoms with Crippen molar-refractivity contribution in [1.82, 2.24) is 10.1 Å². The Morgan fingerprint density at radius 3 is 2.87 bits per heavy atom. The molecule has 0 amide bonds. The highest BCUT2D eigenvalue weighted by molar-refractivity contribution is 5.05. The molecule has 0 aromatic carbocycles. The Hall–Kier alpha value is -0.870. The summed E-state index contributed by atoms with van der Waals surface area (Å²) in [4.78, 5) is 2.38. The summed E-state index contributed by atoms with van der Waals surface area (Å²) < 4.78 is 5.26. The molecule has 2 rings (SSSR count). The number of likely N-dealkylation sites (tertiary alicyclic amines) is 1. The van der Waals surface area contributed by atoms with Crippen LogP contribution in [0.5, 0.6) is 0 Å². The molecule has 1 aromatic heterocycles. The van der Waals surface area contributed by atoms with Crippen molar-refractivity contribution in [3.8, 4) is 0 Å². The maximum Gasteiger partial charge on any atom is 0.150 e. The SMILES string of the molecule is CCc1cc(CN2CCC(N)CC2)on1. The summed E-state index contributed by atoms with van der Waals surface area (Å²) in [5.41, 5.74) is 6.89. The molecule has 0 aliphatic carbocycles. The topological polar surface area (TPSA) is 55.3 Å². The van der Waals surface area contributed by atoms with E-state index in [1.165, 1.54) is 0 Å². The van der Waals surface area contributed by atoms with Crippen LogP contribution in [0.3, 0.4) is 0 Å². The van der Waals surface area contributed by atoms with Gasteiger partial charge in [0.15, 0.2) is 5.76 Å². The molecular formula is C11H19N3O. The van der Waals surface area contributed by atoms with Crippen LogP contribution in [0.15, 0.2) is 10.6 Å². The van der Waals surface area contributed by atoms with Gasteiger partial charge in [0.1, 0.15) is 0 Å². The van der Waals surface area contributed by atoms with Crippen molar-refractivity contribution in [2.75, 3.05) is 13.1 Å². The van der Waals surface area contributed by atoms with E-state index in [9.17, 15) is 0 Å². The zero-order chi connectivity index (χ0) is 10.7. The van der Waals surface area contributed by atoms with E-state index in [2.05, 4.69) is 23.0 Å². The van der Waals surface area contributed by atoms with E-state index in [1.54, 1.807) is 0 Å². The van der Waals surface area contributed by atoms with Gasteiger partial charge in [-0.2, -0.15) is 0 Å². The number of aromatic nitrogens is 1. The molecule has 4 heteroatoms. The summed E-state index contributed by atoms with van der Waals surface area (Å²) in [7, 11) is 0. The minimum absolute atomic E-state index is 0.391. The molecule has 1 aromatic rings. The Morgan fingerprint density at radius 1 is 1.53 bits per heavy atom. The quantitative estimate of drug-likeness (QED) is 0.811. The second-order valence-corrected chi connectivity index (χ2v) is 4.25. The number of hydrogen-bond acceptors (Lipinski definition) is 4. The lowest BCUT2D eigenvalue weighted by Crippen LogP contribution is -2.39. The van der Waals surface area contributed by atoms with E-state index in [-0.39, 0.29) is 0 Å². The molecule has 0 atom stereocenters. The van der Waals surface area contributed by atoms with Gasteiger partial charge in [0.2, 0.25) is 0 Å². The second-order valence-electron chi connectivity index (χ2n) is 4.25. The molecule has 0 spiro atoms. The molecule has 4 nitrogen and oxygen atoms in total. The highest BCUT2D eigenvalue weighted by atomic mass is 16.5. The molecule has 84 valence electrons. The maximum absolute atomic E-state index is 5.85. The molecule has 0 bridgehead atoms. The van der Waals surface area contributed by atoms with Gasteiger partial charge >= 0.3 is 0 Å². The molecule has 0 unspecified atom stereocenters. The first-order valence-electron chi connectivity index (χ1n) is 5.70. The predicted octanol–water partition coefficient (Wildman–Crippen LogP) is 1.16. The molecule has 0 radical (unpaired) electrons. The summed E-state index contributed by atoms with van der Waals surface area (Å²) in [6.07, 6.45) is 3.12. The summed E-state index contributed by atoms with van der Waals surface area (Å²) >= 11 is 0. The Kier molecular flexibility index (Phi) is 3.38. The summed E-state index contributed by atoms with van der Waals surface area (Å²) in [6.45, 7) is 5.11. The fraction of sp³-hybridized carbons (Fsp3) is 0.727. The molecule has 1 aliphatic heterocycles. The van der Waals surface area contributed by atoms with Gasteiger partial charge in [-0.25, -0.2) is 0 Å². The van der Waals surface area contributed by atoms with Crippen LogP contribution in [0, 0.1) is 0 Å². The van der Waals surface area contributed by atoms with Crippen LogP contribution in [0.25, 0.3) is 0 Å². The summed E-state index contributed by atoms with van der Waals surface area (Å²) in [6, 6.07) is 2.44. The second kappa shape index (κ2) is 4.77. The molecular weight excluding hydrogens is 190 g/mol. The summed E-state index contributed by atoms with van der Waals surface area (Å²) in [5.74, 6) is 0.974. The van der Waals surface area contributed by atoms with E-state index >= 15 is 0 Å². The van der Waals surface area contributed by atoms with Gasteiger partial charge in [-0.3, -0.25) is 4.90 Å². The number of hydrogen-bond donors (Lipinski definition) is 1. The van der Waals surface area contributed by atoms with E-state index in [1.807, 2.05) is 0 Å². The van der Waals surface area contributed by atoms with Crippen LogP contribution in [-0.2, 0) is 13.0 Å². The number of piperidine rings is 1. The Labute approximate surface area is 90.4 Å². The van der Waals surface area contributed by atoms with Crippen molar-refractivity contribution in [3.63, 3.8) is 0 Å². The molecule has 2 heterocycles. The highest BCUT2D eigenvalue weighted by Crippen LogP contribution is 2.13. The van der Waals surface area contributed by atoms with Crippen LogP contribution in [0.2, 0.25) is 0 Å². The number of nitrogens with two attached hydrogens (primary N) is 1. The van der Waals surface area contributed by atoms with E-state index in [0.717, 1.165) is 50.4 Å². The standard InChI is InChI=1S/C11H19N3O/c1-2-10-7-11(15-13-10)8-14-5-3-9(12)4-6-14/h7,9H,2-6,8,12H2,1H3. The minimum Gasteiger partial charge on any atom is -0.360 e. The molecule has 2 N–H and O–H groups in total. The van der Waals surface area contributed by atoms with Gasteiger partial charge in [0.05, 0.1) is 12.2 Å². The largest absolute Gasteiger partial charge is 0.360 e. The van der Waals surface area contributed by atoms with Gasteiger partial charge in [0, 0.05) is 25.2 Å². The van der Waals surface area contributed by atoms with Crippen molar-refractivity contribution in [2.45, 2.75) is 38.8 Å². The Morgan fingerprint density at radius 2 is 2.27 bits per heavy atom. The molecule has 1 fully saturated rings. The van der Waals surface area contributed by atoms with Crippen LogP contribution in [-0.4, -0.2) is 29.2 Å². The maximum atomic E-state index is 5.85.